The summed E-state index contributed by atoms with van der Waals surface area (Å²) in [6.45, 7) is 4.80. The van der Waals surface area contributed by atoms with E-state index in [1.807, 2.05) is 36.7 Å². The lowest BCUT2D eigenvalue weighted by atomic mass is 10.2. The van der Waals surface area contributed by atoms with E-state index in [2.05, 4.69) is 17.2 Å². The molecule has 0 saturated heterocycles. The molecule has 0 aliphatic heterocycles. The number of rotatable bonds is 4. The smallest absolute Gasteiger partial charge is 0.251 e. The summed E-state index contributed by atoms with van der Waals surface area (Å²) in [6, 6.07) is 5.65. The minimum atomic E-state index is -0.0198. The van der Waals surface area contributed by atoms with Gasteiger partial charge in [-0.3, -0.25) is 4.79 Å². The normalized spacial score (nSPS) is 10.8. The Bertz CT molecular complexity index is 572. The van der Waals surface area contributed by atoms with Gasteiger partial charge in [0.15, 0.2) is 0 Å². The fraction of sp³-hybridized carbons (Fsp3) is 0.429. The zero-order valence-corrected chi connectivity index (χ0v) is 11.2. The van der Waals surface area contributed by atoms with Crippen LogP contribution in [-0.2, 0) is 7.05 Å². The lowest BCUT2D eigenvalue weighted by molar-refractivity contribution is 0.0953. The Balaban J connectivity index is 2.22. The number of carbonyl (C=O) groups excluding carboxylic acids is 1. The summed E-state index contributed by atoms with van der Waals surface area (Å²) in [7, 11) is 1.98. The second kappa shape index (κ2) is 5.21. The second-order valence-corrected chi connectivity index (χ2v) is 4.53. The molecule has 2 rings (SSSR count). The van der Waals surface area contributed by atoms with Crippen LogP contribution >= 0.6 is 0 Å². The van der Waals surface area contributed by atoms with Gasteiger partial charge in [0, 0.05) is 19.2 Å². The number of fused-ring (bicyclic) bond motifs is 1. The van der Waals surface area contributed by atoms with Crippen molar-refractivity contribution in [3.8, 4) is 0 Å². The highest BCUT2D eigenvalue weighted by atomic mass is 16.1. The Morgan fingerprint density at radius 3 is 2.94 bits per heavy atom. The summed E-state index contributed by atoms with van der Waals surface area (Å²) in [5, 5.41) is 2.91. The number of imidazole rings is 1. The minimum absolute atomic E-state index is 0.0198. The third-order valence-electron chi connectivity index (χ3n) is 3.18. The van der Waals surface area contributed by atoms with Crippen molar-refractivity contribution in [2.45, 2.75) is 26.7 Å². The van der Waals surface area contributed by atoms with Crippen molar-refractivity contribution in [2.75, 3.05) is 6.54 Å². The van der Waals surface area contributed by atoms with Crippen molar-refractivity contribution in [1.82, 2.24) is 14.9 Å². The van der Waals surface area contributed by atoms with E-state index in [-0.39, 0.29) is 5.91 Å². The van der Waals surface area contributed by atoms with E-state index in [0.29, 0.717) is 5.56 Å². The van der Waals surface area contributed by atoms with Gasteiger partial charge in [0.25, 0.3) is 5.91 Å². The third kappa shape index (κ3) is 2.37. The van der Waals surface area contributed by atoms with Gasteiger partial charge in [0.05, 0.1) is 11.0 Å². The monoisotopic (exact) mass is 245 g/mol. The summed E-state index contributed by atoms with van der Waals surface area (Å²) in [4.78, 5) is 16.3. The summed E-state index contributed by atoms with van der Waals surface area (Å²) in [5.41, 5.74) is 2.60. The highest BCUT2D eigenvalue weighted by Gasteiger charge is 2.09. The quantitative estimate of drug-likeness (QED) is 0.841. The molecule has 0 fully saturated rings. The maximum absolute atomic E-state index is 11.9. The number of amides is 1. The van der Waals surface area contributed by atoms with Gasteiger partial charge in [-0.25, -0.2) is 4.98 Å². The van der Waals surface area contributed by atoms with E-state index in [1.54, 1.807) is 0 Å². The lowest BCUT2D eigenvalue weighted by Crippen LogP contribution is -2.24. The van der Waals surface area contributed by atoms with Crippen molar-refractivity contribution in [1.29, 1.82) is 0 Å². The molecule has 18 heavy (non-hydrogen) atoms. The van der Waals surface area contributed by atoms with Gasteiger partial charge in [-0.05, 0) is 31.5 Å². The Labute approximate surface area is 107 Å². The molecule has 1 aromatic carbocycles. The number of benzene rings is 1. The average molecular weight is 245 g/mol. The molecule has 0 atom stereocenters. The molecule has 0 bridgehead atoms. The van der Waals surface area contributed by atoms with E-state index in [9.17, 15) is 4.79 Å². The maximum Gasteiger partial charge on any atom is 0.251 e. The largest absolute Gasteiger partial charge is 0.352 e. The molecule has 0 unspecified atom stereocenters. The molecular formula is C14H19N3O. The fourth-order valence-electron chi connectivity index (χ4n) is 1.94. The Hall–Kier alpha value is -1.84. The van der Waals surface area contributed by atoms with E-state index in [0.717, 1.165) is 36.2 Å². The minimum Gasteiger partial charge on any atom is -0.352 e. The highest BCUT2D eigenvalue weighted by Crippen LogP contribution is 2.16. The number of aromatic nitrogens is 2. The number of unbranched alkanes of at least 4 members (excludes halogenated alkanes) is 1. The molecule has 0 radical (unpaired) electrons. The number of aryl methyl sites for hydroxylation is 2. The second-order valence-electron chi connectivity index (χ2n) is 4.53. The highest BCUT2D eigenvalue weighted by molar-refractivity contribution is 5.97. The number of hydrogen-bond donors (Lipinski definition) is 1. The molecular weight excluding hydrogens is 226 g/mol. The van der Waals surface area contributed by atoms with Crippen LogP contribution in [0.4, 0.5) is 0 Å². The SMILES string of the molecule is CCCCNC(=O)c1ccc2c(c1)nc(C)n2C. The first-order chi connectivity index (χ1) is 8.63. The molecule has 1 N–H and O–H groups in total. The predicted octanol–water partition coefficient (Wildman–Crippen LogP) is 2.41. The van der Waals surface area contributed by atoms with Gasteiger partial charge >= 0.3 is 0 Å². The van der Waals surface area contributed by atoms with Crippen LogP contribution < -0.4 is 5.32 Å². The van der Waals surface area contributed by atoms with Gasteiger partial charge < -0.3 is 9.88 Å². The molecule has 4 heteroatoms. The molecule has 1 aromatic heterocycles. The predicted molar refractivity (Wildman–Crippen MR) is 72.7 cm³/mol. The van der Waals surface area contributed by atoms with Crippen LogP contribution in [0.25, 0.3) is 11.0 Å². The Kier molecular flexibility index (Phi) is 3.65. The van der Waals surface area contributed by atoms with Crippen molar-refractivity contribution >= 4 is 16.9 Å². The van der Waals surface area contributed by atoms with Crippen molar-refractivity contribution in [3.05, 3.63) is 29.6 Å². The first-order valence-corrected chi connectivity index (χ1v) is 6.34. The molecule has 2 aromatic rings. The molecule has 0 aliphatic rings. The number of nitrogens with zero attached hydrogens (tertiary/aromatic N) is 2. The van der Waals surface area contributed by atoms with Crippen LogP contribution in [0.1, 0.15) is 35.9 Å². The topological polar surface area (TPSA) is 46.9 Å². The molecule has 4 nitrogen and oxygen atoms in total. The van der Waals surface area contributed by atoms with Gasteiger partial charge in [0.1, 0.15) is 5.82 Å². The van der Waals surface area contributed by atoms with Gasteiger partial charge in [-0.15, -0.1) is 0 Å². The molecule has 0 spiro atoms. The van der Waals surface area contributed by atoms with Crippen molar-refractivity contribution in [3.63, 3.8) is 0 Å². The van der Waals surface area contributed by atoms with Gasteiger partial charge in [-0.1, -0.05) is 13.3 Å². The van der Waals surface area contributed by atoms with Crippen LogP contribution in [0.2, 0.25) is 0 Å². The van der Waals surface area contributed by atoms with Crippen molar-refractivity contribution < 1.29 is 4.79 Å². The molecule has 96 valence electrons. The summed E-state index contributed by atoms with van der Waals surface area (Å²) in [6.07, 6.45) is 2.09. The molecule has 0 saturated carbocycles. The third-order valence-corrected chi connectivity index (χ3v) is 3.18. The number of hydrogen-bond acceptors (Lipinski definition) is 2. The van der Waals surface area contributed by atoms with E-state index < -0.39 is 0 Å². The van der Waals surface area contributed by atoms with E-state index >= 15 is 0 Å². The van der Waals surface area contributed by atoms with Crippen LogP contribution in [-0.4, -0.2) is 22.0 Å². The summed E-state index contributed by atoms with van der Waals surface area (Å²) < 4.78 is 2.02. The first-order valence-electron chi connectivity index (χ1n) is 6.34. The van der Waals surface area contributed by atoms with Crippen LogP contribution in [0.3, 0.4) is 0 Å². The number of carbonyl (C=O) groups is 1. The van der Waals surface area contributed by atoms with Gasteiger partial charge in [-0.2, -0.15) is 0 Å². The molecule has 1 amide bonds. The first kappa shape index (κ1) is 12.6. The number of nitrogens with one attached hydrogen (secondary N) is 1. The summed E-state index contributed by atoms with van der Waals surface area (Å²) >= 11 is 0. The maximum atomic E-state index is 11.9. The fourth-order valence-corrected chi connectivity index (χ4v) is 1.94. The van der Waals surface area contributed by atoms with E-state index in [1.165, 1.54) is 0 Å². The summed E-state index contributed by atoms with van der Waals surface area (Å²) in [5.74, 6) is 0.933. The van der Waals surface area contributed by atoms with Crippen LogP contribution in [0.5, 0.6) is 0 Å². The zero-order chi connectivity index (χ0) is 13.1. The van der Waals surface area contributed by atoms with Gasteiger partial charge in [0.2, 0.25) is 0 Å². The molecule has 1 heterocycles. The Morgan fingerprint density at radius 1 is 1.44 bits per heavy atom. The van der Waals surface area contributed by atoms with Crippen molar-refractivity contribution in [2.24, 2.45) is 7.05 Å². The standard InChI is InChI=1S/C14H19N3O/c1-4-5-8-15-14(18)11-6-7-13-12(9-11)16-10(2)17(13)3/h6-7,9H,4-5,8H2,1-3H3,(H,15,18). The van der Waals surface area contributed by atoms with E-state index in [4.69, 9.17) is 0 Å². The lowest BCUT2D eigenvalue weighted by Gasteiger charge is -2.04. The average Bonchev–Trinajstić information content (AvgIpc) is 2.65. The Morgan fingerprint density at radius 2 is 2.22 bits per heavy atom. The van der Waals surface area contributed by atoms with Crippen LogP contribution in [0, 0.1) is 6.92 Å². The zero-order valence-electron chi connectivity index (χ0n) is 11.2. The van der Waals surface area contributed by atoms with Crippen LogP contribution in [0.15, 0.2) is 18.2 Å². The molecule has 0 aliphatic carbocycles.